The first-order valence-corrected chi connectivity index (χ1v) is 8.00. The Labute approximate surface area is 139 Å². The van der Waals surface area contributed by atoms with Gasteiger partial charge in [0.05, 0.1) is 5.60 Å². The van der Waals surface area contributed by atoms with E-state index in [1.165, 1.54) is 12.1 Å². The Hall–Kier alpha value is -2.15. The smallest absolute Gasteiger partial charge is 0.339 e. The van der Waals surface area contributed by atoms with Crippen LogP contribution in [0, 0.1) is 10.8 Å². The number of carboxylic acids is 1. The number of carbonyl (C=O) groups is 1. The highest BCUT2D eigenvalue weighted by Crippen LogP contribution is 2.49. The van der Waals surface area contributed by atoms with Crippen LogP contribution in [0.15, 0.2) is 17.3 Å². The predicted molar refractivity (Wildman–Crippen MR) is 85.4 cm³/mol. The zero-order valence-electron chi connectivity index (χ0n) is 13.7. The number of benzene rings is 1. The van der Waals surface area contributed by atoms with E-state index in [1.54, 1.807) is 6.92 Å². The van der Waals surface area contributed by atoms with E-state index < -0.39 is 23.2 Å². The summed E-state index contributed by atoms with van der Waals surface area (Å²) in [5.74, 6) is -0.993. The SMILES string of the molecule is CC1(O)CCC(C2(C)Cc3c(O)ccc(C(=O)O)c3O2)CC1N=O. The van der Waals surface area contributed by atoms with Gasteiger partial charge in [0.1, 0.15) is 28.7 Å². The van der Waals surface area contributed by atoms with Crippen molar-refractivity contribution < 1.29 is 24.9 Å². The van der Waals surface area contributed by atoms with Crippen LogP contribution in [0.5, 0.6) is 11.5 Å². The molecule has 0 radical (unpaired) electrons. The largest absolute Gasteiger partial charge is 0.508 e. The summed E-state index contributed by atoms with van der Waals surface area (Å²) in [5.41, 5.74) is -1.39. The Balaban J connectivity index is 1.91. The van der Waals surface area contributed by atoms with Crippen molar-refractivity contribution in [1.29, 1.82) is 0 Å². The molecule has 1 aromatic rings. The Morgan fingerprint density at radius 1 is 1.38 bits per heavy atom. The van der Waals surface area contributed by atoms with Gasteiger partial charge in [0.25, 0.3) is 0 Å². The molecule has 7 nitrogen and oxygen atoms in total. The van der Waals surface area contributed by atoms with E-state index in [2.05, 4.69) is 5.18 Å². The standard InChI is InChI=1S/C17H21NO6/c1-16(22)6-5-9(7-13(16)18-23)17(2)8-11-12(19)4-3-10(15(20)21)14(11)24-17/h3-4,9,13,19,22H,5-8H2,1-2H3,(H,20,21). The van der Waals surface area contributed by atoms with Crippen LogP contribution >= 0.6 is 0 Å². The number of phenolic OH excluding ortho intramolecular Hbond substituents is 1. The monoisotopic (exact) mass is 335 g/mol. The van der Waals surface area contributed by atoms with Gasteiger partial charge in [-0.1, -0.05) is 5.18 Å². The highest BCUT2D eigenvalue weighted by molar-refractivity contribution is 5.92. The number of nitrogens with zero attached hydrogens (tertiary/aromatic N) is 1. The predicted octanol–water partition coefficient (Wildman–Crippen LogP) is 2.47. The van der Waals surface area contributed by atoms with Crippen LogP contribution in [-0.4, -0.2) is 38.5 Å². The number of phenols is 1. The third-order valence-corrected chi connectivity index (χ3v) is 5.54. The molecule has 4 unspecified atom stereocenters. The van der Waals surface area contributed by atoms with Gasteiger partial charge in [0.2, 0.25) is 0 Å². The highest BCUT2D eigenvalue weighted by Gasteiger charge is 2.50. The van der Waals surface area contributed by atoms with Crippen molar-refractivity contribution in [1.82, 2.24) is 0 Å². The summed E-state index contributed by atoms with van der Waals surface area (Å²) in [5, 5.41) is 32.7. The zero-order valence-corrected chi connectivity index (χ0v) is 13.7. The molecule has 0 bridgehead atoms. The number of aromatic hydroxyl groups is 1. The lowest BCUT2D eigenvalue weighted by atomic mass is 9.69. The Bertz CT molecular complexity index is 701. The van der Waals surface area contributed by atoms with E-state index in [1.807, 2.05) is 6.92 Å². The number of hydrogen-bond donors (Lipinski definition) is 3. The van der Waals surface area contributed by atoms with Gasteiger partial charge in [-0.15, -0.1) is 0 Å². The molecule has 1 saturated carbocycles. The minimum atomic E-state index is -1.13. The molecule has 1 aromatic carbocycles. The van der Waals surface area contributed by atoms with E-state index in [9.17, 15) is 25.0 Å². The summed E-state index contributed by atoms with van der Waals surface area (Å²) in [4.78, 5) is 22.5. The molecule has 24 heavy (non-hydrogen) atoms. The first kappa shape index (κ1) is 16.7. The summed E-state index contributed by atoms with van der Waals surface area (Å²) >= 11 is 0. The molecule has 0 spiro atoms. The van der Waals surface area contributed by atoms with Crippen LogP contribution in [0.3, 0.4) is 0 Å². The van der Waals surface area contributed by atoms with Crippen LogP contribution < -0.4 is 4.74 Å². The molecule has 1 heterocycles. The van der Waals surface area contributed by atoms with Crippen molar-refractivity contribution in [3.8, 4) is 11.5 Å². The van der Waals surface area contributed by atoms with Gasteiger partial charge in [0.15, 0.2) is 0 Å². The molecule has 1 aliphatic carbocycles. The van der Waals surface area contributed by atoms with E-state index >= 15 is 0 Å². The lowest BCUT2D eigenvalue weighted by Gasteiger charge is -2.43. The molecule has 2 aliphatic rings. The zero-order chi connectivity index (χ0) is 17.7. The molecule has 1 fully saturated rings. The van der Waals surface area contributed by atoms with Crippen molar-refractivity contribution in [3.63, 3.8) is 0 Å². The van der Waals surface area contributed by atoms with Gasteiger partial charge in [0, 0.05) is 17.9 Å². The van der Waals surface area contributed by atoms with Crippen LogP contribution in [0.2, 0.25) is 0 Å². The third-order valence-electron chi connectivity index (χ3n) is 5.54. The fourth-order valence-electron chi connectivity index (χ4n) is 3.91. The highest BCUT2D eigenvalue weighted by atomic mass is 16.5. The summed E-state index contributed by atoms with van der Waals surface area (Å²) in [7, 11) is 0. The Morgan fingerprint density at radius 3 is 2.71 bits per heavy atom. The number of rotatable bonds is 3. The molecule has 0 saturated heterocycles. The van der Waals surface area contributed by atoms with Crippen LogP contribution in [-0.2, 0) is 6.42 Å². The minimum Gasteiger partial charge on any atom is -0.508 e. The summed E-state index contributed by atoms with van der Waals surface area (Å²) < 4.78 is 6.00. The van der Waals surface area contributed by atoms with Gasteiger partial charge >= 0.3 is 5.97 Å². The molecule has 7 heteroatoms. The first-order valence-electron chi connectivity index (χ1n) is 8.00. The van der Waals surface area contributed by atoms with E-state index in [4.69, 9.17) is 4.74 Å². The van der Waals surface area contributed by atoms with Gasteiger partial charge < -0.3 is 20.1 Å². The first-order chi connectivity index (χ1) is 11.2. The number of hydrogen-bond acceptors (Lipinski definition) is 6. The number of nitroso groups, excluding NO2 is 1. The normalized spacial score (nSPS) is 35.1. The molecule has 0 amide bonds. The maximum absolute atomic E-state index is 11.4. The molecule has 3 rings (SSSR count). The third kappa shape index (κ3) is 2.53. The van der Waals surface area contributed by atoms with Crippen LogP contribution in [0.1, 0.15) is 49.0 Å². The van der Waals surface area contributed by atoms with Gasteiger partial charge in [-0.05, 0) is 45.2 Å². The van der Waals surface area contributed by atoms with E-state index in [0.29, 0.717) is 31.2 Å². The lowest BCUT2D eigenvalue weighted by Crippen LogP contribution is -2.50. The number of aliphatic hydroxyl groups is 1. The average Bonchev–Trinajstić information content (AvgIpc) is 2.86. The number of aromatic carboxylic acids is 1. The van der Waals surface area contributed by atoms with Crippen molar-refractivity contribution in [2.75, 3.05) is 0 Å². The molecule has 3 N–H and O–H groups in total. The molecule has 0 aromatic heterocycles. The van der Waals surface area contributed by atoms with Crippen molar-refractivity contribution in [2.45, 2.75) is 56.8 Å². The topological polar surface area (TPSA) is 116 Å². The summed E-state index contributed by atoms with van der Waals surface area (Å²) in [6, 6.07) is 1.95. The average molecular weight is 335 g/mol. The van der Waals surface area contributed by atoms with E-state index in [-0.39, 0.29) is 23.0 Å². The maximum Gasteiger partial charge on any atom is 0.339 e. The molecular formula is C17H21NO6. The van der Waals surface area contributed by atoms with Crippen molar-refractivity contribution in [2.24, 2.45) is 11.1 Å². The summed E-state index contributed by atoms with van der Waals surface area (Å²) in [6.07, 6.45) is 1.77. The number of carboxylic acid groups (broad SMARTS) is 1. The quantitative estimate of drug-likeness (QED) is 0.731. The van der Waals surface area contributed by atoms with Gasteiger partial charge in [-0.3, -0.25) is 0 Å². The fraction of sp³-hybridized carbons (Fsp3) is 0.588. The van der Waals surface area contributed by atoms with Crippen LogP contribution in [0.25, 0.3) is 0 Å². The van der Waals surface area contributed by atoms with Crippen LogP contribution in [0.4, 0.5) is 0 Å². The molecule has 1 aliphatic heterocycles. The van der Waals surface area contributed by atoms with Crippen molar-refractivity contribution in [3.05, 3.63) is 28.2 Å². The molecule has 4 atom stereocenters. The second-order valence-corrected chi connectivity index (χ2v) is 7.29. The van der Waals surface area contributed by atoms with E-state index in [0.717, 1.165) is 0 Å². The van der Waals surface area contributed by atoms with Crippen molar-refractivity contribution >= 4 is 5.97 Å². The lowest BCUT2D eigenvalue weighted by molar-refractivity contribution is -0.0523. The van der Waals surface area contributed by atoms with Gasteiger partial charge in [-0.25, -0.2) is 4.79 Å². The molecular weight excluding hydrogens is 314 g/mol. The number of ether oxygens (including phenoxy) is 1. The minimum absolute atomic E-state index is 0.00610. The number of fused-ring (bicyclic) bond motifs is 1. The fourth-order valence-corrected chi connectivity index (χ4v) is 3.91. The van der Waals surface area contributed by atoms with Gasteiger partial charge in [-0.2, -0.15) is 4.91 Å². The Morgan fingerprint density at radius 2 is 2.08 bits per heavy atom. The summed E-state index contributed by atoms with van der Waals surface area (Å²) in [6.45, 7) is 3.46. The second-order valence-electron chi connectivity index (χ2n) is 7.29. The Kier molecular flexibility index (Phi) is 3.79. The molecule has 130 valence electrons. The second kappa shape index (κ2) is 5.44. The maximum atomic E-state index is 11.4.